The molecule has 126 valence electrons. The lowest BCUT2D eigenvalue weighted by Crippen LogP contribution is -2.36. The minimum atomic E-state index is -0.0353. The molecular weight excluding hydrogens is 324 g/mol. The average Bonchev–Trinajstić information content (AvgIpc) is 2.58. The van der Waals surface area contributed by atoms with Gasteiger partial charge in [0.1, 0.15) is 17.8 Å². The van der Waals surface area contributed by atoms with E-state index < -0.39 is 0 Å². The zero-order valence-corrected chi connectivity index (χ0v) is 14.7. The van der Waals surface area contributed by atoms with Crippen LogP contribution < -0.4 is 5.32 Å². The van der Waals surface area contributed by atoms with E-state index >= 15 is 0 Å². The molecule has 0 spiro atoms. The van der Waals surface area contributed by atoms with E-state index in [9.17, 15) is 4.79 Å². The molecule has 5 nitrogen and oxygen atoms in total. The van der Waals surface area contributed by atoms with Gasteiger partial charge in [-0.15, -0.1) is 0 Å². The SMILES string of the molecule is Cc1cc(C)c(Nc2cc(C(=O)N3CCCCC3)ncn2)c(Cl)c1. The Balaban J connectivity index is 1.82. The van der Waals surface area contributed by atoms with E-state index in [1.807, 2.05) is 24.8 Å². The van der Waals surface area contributed by atoms with Crippen molar-refractivity contribution in [3.05, 3.63) is 46.4 Å². The van der Waals surface area contributed by atoms with Gasteiger partial charge >= 0.3 is 0 Å². The summed E-state index contributed by atoms with van der Waals surface area (Å²) in [7, 11) is 0. The molecule has 0 saturated carbocycles. The van der Waals surface area contributed by atoms with Gasteiger partial charge in [0, 0.05) is 19.2 Å². The Kier molecular flexibility index (Phi) is 5.00. The predicted molar refractivity (Wildman–Crippen MR) is 96.0 cm³/mol. The summed E-state index contributed by atoms with van der Waals surface area (Å²) >= 11 is 6.33. The number of carbonyl (C=O) groups excluding carboxylic acids is 1. The molecule has 2 heterocycles. The summed E-state index contributed by atoms with van der Waals surface area (Å²) in [6, 6.07) is 5.64. The molecule has 1 N–H and O–H groups in total. The van der Waals surface area contributed by atoms with Crippen molar-refractivity contribution < 1.29 is 4.79 Å². The number of aryl methyl sites for hydroxylation is 2. The number of aromatic nitrogens is 2. The summed E-state index contributed by atoms with van der Waals surface area (Å²) in [6.45, 7) is 5.59. The van der Waals surface area contributed by atoms with Crippen LogP contribution in [0.5, 0.6) is 0 Å². The molecular formula is C18H21ClN4O. The average molecular weight is 345 g/mol. The van der Waals surface area contributed by atoms with Crippen LogP contribution in [-0.4, -0.2) is 33.9 Å². The molecule has 1 fully saturated rings. The van der Waals surface area contributed by atoms with Crippen LogP contribution in [0, 0.1) is 13.8 Å². The third kappa shape index (κ3) is 3.67. The quantitative estimate of drug-likeness (QED) is 0.910. The minimum absolute atomic E-state index is 0.0353. The van der Waals surface area contributed by atoms with Crippen molar-refractivity contribution in [1.29, 1.82) is 0 Å². The van der Waals surface area contributed by atoms with E-state index in [2.05, 4.69) is 21.4 Å². The van der Waals surface area contributed by atoms with E-state index in [1.165, 1.54) is 12.7 Å². The lowest BCUT2D eigenvalue weighted by atomic mass is 10.1. The van der Waals surface area contributed by atoms with Gasteiger partial charge in [0.15, 0.2) is 0 Å². The molecule has 1 amide bonds. The van der Waals surface area contributed by atoms with Gasteiger partial charge in [-0.1, -0.05) is 17.7 Å². The number of nitrogens with one attached hydrogen (secondary N) is 1. The standard InChI is InChI=1S/C18H21ClN4O/c1-12-8-13(2)17(14(19)9-12)22-16-10-15(20-11-21-16)18(24)23-6-4-3-5-7-23/h8-11H,3-7H2,1-2H3,(H,20,21,22). The molecule has 0 atom stereocenters. The van der Waals surface area contributed by atoms with Crippen LogP contribution in [0.4, 0.5) is 11.5 Å². The fourth-order valence-electron chi connectivity index (χ4n) is 3.00. The number of amides is 1. The van der Waals surface area contributed by atoms with E-state index in [4.69, 9.17) is 11.6 Å². The molecule has 0 unspecified atom stereocenters. The second-order valence-corrected chi connectivity index (χ2v) is 6.61. The highest BCUT2D eigenvalue weighted by Crippen LogP contribution is 2.29. The number of hydrogen-bond donors (Lipinski definition) is 1. The Labute approximate surface area is 147 Å². The fraction of sp³-hybridized carbons (Fsp3) is 0.389. The normalized spacial score (nSPS) is 14.5. The first-order valence-corrected chi connectivity index (χ1v) is 8.57. The number of hydrogen-bond acceptors (Lipinski definition) is 4. The molecule has 1 saturated heterocycles. The zero-order valence-electron chi connectivity index (χ0n) is 14.0. The number of piperidine rings is 1. The van der Waals surface area contributed by atoms with E-state index in [-0.39, 0.29) is 5.91 Å². The topological polar surface area (TPSA) is 58.1 Å². The molecule has 3 rings (SSSR count). The van der Waals surface area contributed by atoms with Crippen molar-refractivity contribution in [2.75, 3.05) is 18.4 Å². The summed E-state index contributed by atoms with van der Waals surface area (Å²) in [5.74, 6) is 0.533. The number of halogens is 1. The maximum Gasteiger partial charge on any atom is 0.272 e. The van der Waals surface area contributed by atoms with Crippen LogP contribution in [0.15, 0.2) is 24.5 Å². The number of anilines is 2. The number of carbonyl (C=O) groups is 1. The van der Waals surface area contributed by atoms with Gasteiger partial charge in [-0.05, 0) is 50.3 Å². The summed E-state index contributed by atoms with van der Waals surface area (Å²) in [4.78, 5) is 22.8. The van der Waals surface area contributed by atoms with Gasteiger partial charge in [0.05, 0.1) is 10.7 Å². The molecule has 1 aliphatic heterocycles. The molecule has 0 aliphatic carbocycles. The molecule has 0 bridgehead atoms. The Hall–Kier alpha value is -2.14. The first-order chi connectivity index (χ1) is 11.5. The maximum absolute atomic E-state index is 12.6. The molecule has 1 aromatic carbocycles. The zero-order chi connectivity index (χ0) is 17.1. The van der Waals surface area contributed by atoms with Gasteiger partial charge in [-0.2, -0.15) is 0 Å². The third-order valence-electron chi connectivity index (χ3n) is 4.21. The summed E-state index contributed by atoms with van der Waals surface area (Å²) < 4.78 is 0. The molecule has 1 aromatic heterocycles. The largest absolute Gasteiger partial charge is 0.339 e. The van der Waals surface area contributed by atoms with Crippen molar-refractivity contribution in [3.8, 4) is 0 Å². The first kappa shape index (κ1) is 16.7. The Bertz CT molecular complexity index is 733. The third-order valence-corrected chi connectivity index (χ3v) is 4.51. The van der Waals surface area contributed by atoms with E-state index in [0.29, 0.717) is 16.5 Å². The van der Waals surface area contributed by atoms with Crippen LogP contribution in [0.3, 0.4) is 0 Å². The molecule has 24 heavy (non-hydrogen) atoms. The van der Waals surface area contributed by atoms with Crippen LogP contribution in [0.25, 0.3) is 0 Å². The summed E-state index contributed by atoms with van der Waals surface area (Å²) in [5.41, 5.74) is 3.35. The van der Waals surface area contributed by atoms with Crippen LogP contribution in [0.1, 0.15) is 40.9 Å². The highest BCUT2D eigenvalue weighted by atomic mass is 35.5. The molecule has 0 radical (unpaired) electrons. The van der Waals surface area contributed by atoms with Crippen molar-refractivity contribution in [3.63, 3.8) is 0 Å². The van der Waals surface area contributed by atoms with Crippen molar-refractivity contribution in [2.45, 2.75) is 33.1 Å². The predicted octanol–water partition coefficient (Wildman–Crippen LogP) is 4.12. The van der Waals surface area contributed by atoms with Crippen LogP contribution in [-0.2, 0) is 0 Å². The Morgan fingerprint density at radius 3 is 2.58 bits per heavy atom. The number of benzene rings is 1. The highest BCUT2D eigenvalue weighted by molar-refractivity contribution is 6.33. The lowest BCUT2D eigenvalue weighted by molar-refractivity contribution is 0.0718. The maximum atomic E-state index is 12.6. The molecule has 6 heteroatoms. The second kappa shape index (κ2) is 7.18. The van der Waals surface area contributed by atoms with Crippen LogP contribution >= 0.6 is 11.6 Å². The van der Waals surface area contributed by atoms with Gasteiger partial charge < -0.3 is 10.2 Å². The van der Waals surface area contributed by atoms with Gasteiger partial charge in [0.2, 0.25) is 0 Å². The Morgan fingerprint density at radius 2 is 1.88 bits per heavy atom. The number of nitrogens with zero attached hydrogens (tertiary/aromatic N) is 3. The second-order valence-electron chi connectivity index (χ2n) is 6.20. The van der Waals surface area contributed by atoms with Gasteiger partial charge in [-0.25, -0.2) is 9.97 Å². The van der Waals surface area contributed by atoms with Crippen molar-refractivity contribution >= 4 is 29.0 Å². The van der Waals surface area contributed by atoms with Gasteiger partial charge in [0.25, 0.3) is 5.91 Å². The van der Waals surface area contributed by atoms with E-state index in [1.54, 1.807) is 6.07 Å². The first-order valence-electron chi connectivity index (χ1n) is 8.19. The van der Waals surface area contributed by atoms with Crippen LogP contribution in [0.2, 0.25) is 5.02 Å². The molecule has 2 aromatic rings. The minimum Gasteiger partial charge on any atom is -0.339 e. The molecule has 1 aliphatic rings. The number of likely N-dealkylation sites (tertiary alicyclic amines) is 1. The summed E-state index contributed by atoms with van der Waals surface area (Å²) in [5, 5.41) is 3.85. The monoisotopic (exact) mass is 344 g/mol. The van der Waals surface area contributed by atoms with Crippen molar-refractivity contribution in [1.82, 2.24) is 14.9 Å². The smallest absolute Gasteiger partial charge is 0.272 e. The van der Waals surface area contributed by atoms with Crippen molar-refractivity contribution in [2.24, 2.45) is 0 Å². The van der Waals surface area contributed by atoms with Gasteiger partial charge in [-0.3, -0.25) is 4.79 Å². The van der Waals surface area contributed by atoms with E-state index in [0.717, 1.165) is 42.7 Å². The highest BCUT2D eigenvalue weighted by Gasteiger charge is 2.20. The number of rotatable bonds is 3. The Morgan fingerprint density at radius 1 is 1.12 bits per heavy atom. The fourth-order valence-corrected chi connectivity index (χ4v) is 3.37. The summed E-state index contributed by atoms with van der Waals surface area (Å²) in [6.07, 6.45) is 4.71. The lowest BCUT2D eigenvalue weighted by Gasteiger charge is -2.26.